The SMILES string of the molecule is CCCCCCCCCCCCCCCOC(=O)[C@H](C)NC(=O)OC. The van der Waals surface area contributed by atoms with Crippen LogP contribution < -0.4 is 5.32 Å². The lowest BCUT2D eigenvalue weighted by Crippen LogP contribution is -2.39. The minimum absolute atomic E-state index is 0.413. The molecule has 0 aliphatic rings. The number of amides is 1. The van der Waals surface area contributed by atoms with Crippen molar-refractivity contribution in [3.63, 3.8) is 0 Å². The summed E-state index contributed by atoms with van der Waals surface area (Å²) in [5.74, 6) is -0.413. The number of hydrogen-bond donors (Lipinski definition) is 1. The van der Waals surface area contributed by atoms with Crippen LogP contribution in [0.5, 0.6) is 0 Å². The van der Waals surface area contributed by atoms with Crippen LogP contribution in [0.25, 0.3) is 0 Å². The molecule has 0 saturated heterocycles. The van der Waals surface area contributed by atoms with E-state index in [2.05, 4.69) is 17.0 Å². The first kappa shape index (κ1) is 23.7. The highest BCUT2D eigenvalue weighted by Gasteiger charge is 2.16. The number of methoxy groups -OCH3 is 1. The van der Waals surface area contributed by atoms with Crippen LogP contribution in [0.3, 0.4) is 0 Å². The highest BCUT2D eigenvalue weighted by atomic mass is 16.5. The Morgan fingerprint density at radius 1 is 0.800 bits per heavy atom. The Balaban J connectivity index is 3.28. The van der Waals surface area contributed by atoms with E-state index < -0.39 is 18.1 Å². The maximum atomic E-state index is 11.6. The molecule has 0 unspecified atom stereocenters. The van der Waals surface area contributed by atoms with Crippen LogP contribution >= 0.6 is 0 Å². The summed E-state index contributed by atoms with van der Waals surface area (Å²) >= 11 is 0. The van der Waals surface area contributed by atoms with Crippen molar-refractivity contribution < 1.29 is 19.1 Å². The number of alkyl carbamates (subject to hydrolysis) is 1. The molecule has 0 rings (SSSR count). The standard InChI is InChI=1S/C20H39NO4/c1-4-5-6-7-8-9-10-11-12-13-14-15-16-17-25-19(22)18(2)21-20(23)24-3/h18H,4-17H2,1-3H3,(H,21,23)/t18-/m0/s1. The quantitative estimate of drug-likeness (QED) is 0.298. The third-order valence-corrected chi connectivity index (χ3v) is 4.37. The summed E-state index contributed by atoms with van der Waals surface area (Å²) in [6.07, 6.45) is 16.1. The maximum Gasteiger partial charge on any atom is 0.407 e. The summed E-state index contributed by atoms with van der Waals surface area (Å²) < 4.78 is 9.58. The van der Waals surface area contributed by atoms with E-state index >= 15 is 0 Å². The Hall–Kier alpha value is -1.26. The van der Waals surface area contributed by atoms with Crippen LogP contribution in [0.15, 0.2) is 0 Å². The number of nitrogens with one attached hydrogen (secondary N) is 1. The molecule has 5 heteroatoms. The number of unbranched alkanes of at least 4 members (excludes halogenated alkanes) is 12. The normalized spacial score (nSPS) is 11.8. The summed E-state index contributed by atoms with van der Waals surface area (Å²) in [5, 5.41) is 2.39. The van der Waals surface area contributed by atoms with Crippen LogP contribution in [0.4, 0.5) is 4.79 Å². The minimum Gasteiger partial charge on any atom is -0.464 e. The topological polar surface area (TPSA) is 64.6 Å². The fraction of sp³-hybridized carbons (Fsp3) is 0.900. The lowest BCUT2D eigenvalue weighted by Gasteiger charge is -2.12. The van der Waals surface area contributed by atoms with Gasteiger partial charge in [0.2, 0.25) is 0 Å². The molecule has 148 valence electrons. The van der Waals surface area contributed by atoms with E-state index in [1.807, 2.05) is 0 Å². The first-order chi connectivity index (χ1) is 12.1. The van der Waals surface area contributed by atoms with Crippen LogP contribution in [0.2, 0.25) is 0 Å². The molecule has 5 nitrogen and oxygen atoms in total. The van der Waals surface area contributed by atoms with E-state index in [1.54, 1.807) is 6.92 Å². The van der Waals surface area contributed by atoms with Gasteiger partial charge in [-0.05, 0) is 13.3 Å². The van der Waals surface area contributed by atoms with Gasteiger partial charge >= 0.3 is 12.1 Å². The molecule has 0 spiro atoms. The lowest BCUT2D eigenvalue weighted by molar-refractivity contribution is -0.145. The number of rotatable bonds is 16. The Morgan fingerprint density at radius 3 is 1.68 bits per heavy atom. The van der Waals surface area contributed by atoms with Crippen molar-refractivity contribution in [3.05, 3.63) is 0 Å². The van der Waals surface area contributed by atoms with Gasteiger partial charge in [-0.3, -0.25) is 0 Å². The van der Waals surface area contributed by atoms with Crippen LogP contribution in [0, 0.1) is 0 Å². The minimum atomic E-state index is -0.672. The van der Waals surface area contributed by atoms with Crippen molar-refractivity contribution in [2.24, 2.45) is 0 Å². The van der Waals surface area contributed by atoms with Gasteiger partial charge in [0.15, 0.2) is 0 Å². The summed E-state index contributed by atoms with van der Waals surface area (Å²) in [6, 6.07) is -0.672. The van der Waals surface area contributed by atoms with Crippen molar-refractivity contribution >= 4 is 12.1 Å². The molecule has 0 fully saturated rings. The second-order valence-corrected chi connectivity index (χ2v) is 6.77. The van der Waals surface area contributed by atoms with Gasteiger partial charge in [-0.15, -0.1) is 0 Å². The largest absolute Gasteiger partial charge is 0.464 e. The molecule has 25 heavy (non-hydrogen) atoms. The van der Waals surface area contributed by atoms with E-state index in [0.29, 0.717) is 6.61 Å². The maximum absolute atomic E-state index is 11.6. The molecular weight excluding hydrogens is 318 g/mol. The van der Waals surface area contributed by atoms with Gasteiger partial charge in [0.1, 0.15) is 6.04 Å². The molecule has 0 radical (unpaired) electrons. The molecule has 0 saturated carbocycles. The summed E-state index contributed by atoms with van der Waals surface area (Å²) in [5.41, 5.74) is 0. The Morgan fingerprint density at radius 2 is 1.24 bits per heavy atom. The second kappa shape index (κ2) is 17.6. The summed E-state index contributed by atoms with van der Waals surface area (Å²) in [4.78, 5) is 22.6. The molecule has 1 atom stereocenters. The van der Waals surface area contributed by atoms with Crippen LogP contribution in [-0.4, -0.2) is 31.8 Å². The summed E-state index contributed by atoms with van der Waals surface area (Å²) in [7, 11) is 1.26. The second-order valence-electron chi connectivity index (χ2n) is 6.77. The van der Waals surface area contributed by atoms with Gasteiger partial charge in [0, 0.05) is 0 Å². The Bertz CT molecular complexity index is 334. The lowest BCUT2D eigenvalue weighted by atomic mass is 10.0. The zero-order valence-corrected chi connectivity index (χ0v) is 16.6. The number of ether oxygens (including phenoxy) is 2. The van der Waals surface area contributed by atoms with Gasteiger partial charge in [0.05, 0.1) is 13.7 Å². The van der Waals surface area contributed by atoms with E-state index in [1.165, 1.54) is 77.7 Å². The average molecular weight is 358 g/mol. The molecular formula is C20H39NO4. The zero-order valence-electron chi connectivity index (χ0n) is 16.6. The highest BCUT2D eigenvalue weighted by molar-refractivity contribution is 5.80. The van der Waals surface area contributed by atoms with Crippen molar-refractivity contribution in [2.75, 3.05) is 13.7 Å². The molecule has 0 aromatic carbocycles. The number of carbonyl (C=O) groups excluding carboxylic acids is 2. The van der Waals surface area contributed by atoms with E-state index in [0.717, 1.165) is 12.8 Å². The Labute approximate surface area is 154 Å². The fourth-order valence-electron chi connectivity index (χ4n) is 2.71. The summed E-state index contributed by atoms with van der Waals surface area (Å²) in [6.45, 7) is 4.26. The first-order valence-electron chi connectivity index (χ1n) is 10.1. The van der Waals surface area contributed by atoms with Crippen molar-refractivity contribution in [2.45, 2.75) is 103 Å². The number of hydrogen-bond acceptors (Lipinski definition) is 4. The van der Waals surface area contributed by atoms with Gasteiger partial charge < -0.3 is 14.8 Å². The molecule has 0 bridgehead atoms. The predicted molar refractivity (Wildman–Crippen MR) is 102 cm³/mol. The van der Waals surface area contributed by atoms with Crippen molar-refractivity contribution in [1.82, 2.24) is 5.32 Å². The molecule has 0 aliphatic heterocycles. The molecule has 0 aromatic heterocycles. The third-order valence-electron chi connectivity index (χ3n) is 4.37. The van der Waals surface area contributed by atoms with Gasteiger partial charge in [-0.25, -0.2) is 9.59 Å². The Kier molecular flexibility index (Phi) is 16.7. The van der Waals surface area contributed by atoms with Gasteiger partial charge in [0.25, 0.3) is 0 Å². The predicted octanol–water partition coefficient (Wildman–Crippen LogP) is 5.37. The molecule has 0 heterocycles. The van der Waals surface area contributed by atoms with Crippen molar-refractivity contribution in [3.8, 4) is 0 Å². The average Bonchev–Trinajstić information content (AvgIpc) is 2.61. The van der Waals surface area contributed by atoms with Crippen LogP contribution in [-0.2, 0) is 14.3 Å². The van der Waals surface area contributed by atoms with E-state index in [-0.39, 0.29) is 0 Å². The van der Waals surface area contributed by atoms with E-state index in [9.17, 15) is 9.59 Å². The van der Waals surface area contributed by atoms with E-state index in [4.69, 9.17) is 4.74 Å². The third kappa shape index (κ3) is 16.0. The molecule has 0 aliphatic carbocycles. The van der Waals surface area contributed by atoms with Crippen LogP contribution in [0.1, 0.15) is 97.3 Å². The highest BCUT2D eigenvalue weighted by Crippen LogP contribution is 2.12. The smallest absolute Gasteiger partial charge is 0.407 e. The number of carbonyl (C=O) groups is 2. The first-order valence-corrected chi connectivity index (χ1v) is 10.1. The monoisotopic (exact) mass is 357 g/mol. The number of esters is 1. The molecule has 0 aromatic rings. The van der Waals surface area contributed by atoms with Crippen molar-refractivity contribution in [1.29, 1.82) is 0 Å². The zero-order chi connectivity index (χ0) is 18.8. The van der Waals surface area contributed by atoms with Gasteiger partial charge in [-0.2, -0.15) is 0 Å². The molecule has 1 amide bonds. The fourth-order valence-corrected chi connectivity index (χ4v) is 2.71. The molecule has 1 N–H and O–H groups in total. The van der Waals surface area contributed by atoms with Gasteiger partial charge in [-0.1, -0.05) is 84.0 Å².